The van der Waals surface area contributed by atoms with Gasteiger partial charge in [0.1, 0.15) is 16.4 Å². The van der Waals surface area contributed by atoms with Gasteiger partial charge in [-0.2, -0.15) is 4.31 Å². The van der Waals surface area contributed by atoms with Crippen LogP contribution in [-0.2, 0) is 16.6 Å². The van der Waals surface area contributed by atoms with Crippen LogP contribution in [0.5, 0.6) is 17.2 Å². The molecule has 0 aliphatic heterocycles. The summed E-state index contributed by atoms with van der Waals surface area (Å²) in [5, 5.41) is 0. The van der Waals surface area contributed by atoms with Crippen LogP contribution in [-0.4, -0.2) is 41.1 Å². The molecule has 0 saturated heterocycles. The van der Waals surface area contributed by atoms with E-state index in [2.05, 4.69) is 0 Å². The first-order valence-corrected chi connectivity index (χ1v) is 8.78. The summed E-state index contributed by atoms with van der Waals surface area (Å²) >= 11 is 0. The molecular weight excluding hydrogens is 349 g/mol. The molecule has 0 radical (unpaired) electrons. The Balaban J connectivity index is 2.34. The van der Waals surface area contributed by atoms with E-state index in [9.17, 15) is 12.8 Å². The van der Waals surface area contributed by atoms with E-state index in [1.165, 1.54) is 52.6 Å². The summed E-state index contributed by atoms with van der Waals surface area (Å²) in [7, 11) is 1.75. The summed E-state index contributed by atoms with van der Waals surface area (Å²) in [5.41, 5.74) is 0.492. The van der Waals surface area contributed by atoms with Crippen LogP contribution in [0.25, 0.3) is 0 Å². The number of hydrogen-bond donors (Lipinski definition) is 0. The molecule has 0 aliphatic rings. The second-order valence-electron chi connectivity index (χ2n) is 5.25. The van der Waals surface area contributed by atoms with Crippen molar-refractivity contribution in [3.63, 3.8) is 0 Å². The molecule has 0 unspecified atom stereocenters. The molecule has 0 fully saturated rings. The molecule has 0 aromatic heterocycles. The molecule has 0 heterocycles. The molecule has 25 heavy (non-hydrogen) atoms. The Hall–Kier alpha value is -2.32. The highest BCUT2D eigenvalue weighted by Gasteiger charge is 2.26. The highest BCUT2D eigenvalue weighted by molar-refractivity contribution is 7.89. The highest BCUT2D eigenvalue weighted by atomic mass is 32.2. The van der Waals surface area contributed by atoms with Crippen LogP contribution < -0.4 is 14.2 Å². The van der Waals surface area contributed by atoms with E-state index in [4.69, 9.17) is 14.2 Å². The lowest BCUT2D eigenvalue weighted by Crippen LogP contribution is -2.27. The number of halogens is 1. The molecule has 2 aromatic rings. The van der Waals surface area contributed by atoms with Crippen molar-refractivity contribution >= 4 is 10.0 Å². The van der Waals surface area contributed by atoms with E-state index >= 15 is 0 Å². The molecule has 2 aromatic carbocycles. The third-order valence-corrected chi connectivity index (χ3v) is 5.51. The number of nitrogens with zero attached hydrogens (tertiary/aromatic N) is 1. The minimum atomic E-state index is -3.87. The molecule has 0 amide bonds. The van der Waals surface area contributed by atoms with Crippen molar-refractivity contribution in [2.75, 3.05) is 28.4 Å². The SMILES string of the molecule is COc1ccc(OC)c(S(=O)(=O)N(C)Cc2ccc(OC)c(F)c2)c1. The Bertz CT molecular complexity index is 854. The number of rotatable bonds is 7. The van der Waals surface area contributed by atoms with Crippen LogP contribution in [0, 0.1) is 5.82 Å². The smallest absolute Gasteiger partial charge is 0.246 e. The lowest BCUT2D eigenvalue weighted by molar-refractivity contribution is 0.384. The van der Waals surface area contributed by atoms with Crippen molar-refractivity contribution in [2.24, 2.45) is 0 Å². The summed E-state index contributed by atoms with van der Waals surface area (Å²) in [6.45, 7) is -0.0103. The van der Waals surface area contributed by atoms with Gasteiger partial charge in [-0.1, -0.05) is 6.07 Å². The molecular formula is C17H20FNO5S. The van der Waals surface area contributed by atoms with Crippen molar-refractivity contribution in [2.45, 2.75) is 11.4 Å². The second-order valence-corrected chi connectivity index (χ2v) is 7.26. The van der Waals surface area contributed by atoms with E-state index in [-0.39, 0.29) is 22.9 Å². The number of methoxy groups -OCH3 is 3. The Kier molecular flexibility index (Phi) is 5.86. The summed E-state index contributed by atoms with van der Waals surface area (Å²) < 4.78 is 55.7. The van der Waals surface area contributed by atoms with Crippen molar-refractivity contribution in [3.8, 4) is 17.2 Å². The monoisotopic (exact) mass is 369 g/mol. The van der Waals surface area contributed by atoms with E-state index in [0.717, 1.165) is 4.31 Å². The van der Waals surface area contributed by atoms with Crippen molar-refractivity contribution < 1.29 is 27.0 Å². The lowest BCUT2D eigenvalue weighted by atomic mass is 10.2. The van der Waals surface area contributed by atoms with Gasteiger partial charge >= 0.3 is 0 Å². The highest BCUT2D eigenvalue weighted by Crippen LogP contribution is 2.31. The number of hydrogen-bond acceptors (Lipinski definition) is 5. The first-order valence-electron chi connectivity index (χ1n) is 7.34. The van der Waals surface area contributed by atoms with Gasteiger partial charge in [0.2, 0.25) is 10.0 Å². The standard InChI is InChI=1S/C17H20FNO5S/c1-19(11-12-5-7-15(23-3)14(18)9-12)25(20,21)17-10-13(22-2)6-8-16(17)24-4/h5-10H,11H2,1-4H3. The zero-order valence-electron chi connectivity index (χ0n) is 14.4. The fourth-order valence-electron chi connectivity index (χ4n) is 2.30. The summed E-state index contributed by atoms with van der Waals surface area (Å²) in [6, 6.07) is 8.82. The average Bonchev–Trinajstić information content (AvgIpc) is 2.61. The Morgan fingerprint density at radius 1 is 0.960 bits per heavy atom. The van der Waals surface area contributed by atoms with Gasteiger partial charge in [0.25, 0.3) is 0 Å². The quantitative estimate of drug-likeness (QED) is 0.751. The molecule has 136 valence electrons. The molecule has 0 aliphatic carbocycles. The molecule has 0 bridgehead atoms. The zero-order chi connectivity index (χ0) is 18.6. The molecule has 2 rings (SSSR count). The van der Waals surface area contributed by atoms with Crippen molar-refractivity contribution in [1.29, 1.82) is 0 Å². The summed E-state index contributed by atoms with van der Waals surface area (Å²) in [5.74, 6) is 0.144. The third kappa shape index (κ3) is 4.02. The third-order valence-electron chi connectivity index (χ3n) is 3.68. The number of sulfonamides is 1. The van der Waals surface area contributed by atoms with Gasteiger partial charge in [-0.25, -0.2) is 12.8 Å². The van der Waals surface area contributed by atoms with Gasteiger partial charge in [0.15, 0.2) is 11.6 Å². The molecule has 0 atom stereocenters. The van der Waals surface area contributed by atoms with Crippen LogP contribution >= 0.6 is 0 Å². The topological polar surface area (TPSA) is 65.1 Å². The Labute approximate surface area is 146 Å². The van der Waals surface area contributed by atoms with E-state index in [0.29, 0.717) is 11.3 Å². The molecule has 0 saturated carbocycles. The maximum Gasteiger partial charge on any atom is 0.246 e. The van der Waals surface area contributed by atoms with Crippen molar-refractivity contribution in [1.82, 2.24) is 4.31 Å². The molecule has 0 spiro atoms. The van der Waals surface area contributed by atoms with Gasteiger partial charge in [-0.15, -0.1) is 0 Å². The molecule has 8 heteroatoms. The van der Waals surface area contributed by atoms with E-state index in [1.807, 2.05) is 0 Å². The first-order chi connectivity index (χ1) is 11.8. The zero-order valence-corrected chi connectivity index (χ0v) is 15.3. The number of ether oxygens (including phenoxy) is 3. The molecule has 6 nitrogen and oxygen atoms in total. The van der Waals surface area contributed by atoms with Crippen LogP contribution in [0.15, 0.2) is 41.3 Å². The second kappa shape index (κ2) is 7.71. The van der Waals surface area contributed by atoms with Gasteiger partial charge in [0.05, 0.1) is 21.3 Å². The lowest BCUT2D eigenvalue weighted by Gasteiger charge is -2.19. The first kappa shape index (κ1) is 19.0. The Morgan fingerprint density at radius 2 is 1.60 bits per heavy atom. The van der Waals surface area contributed by atoms with E-state index in [1.54, 1.807) is 12.1 Å². The Morgan fingerprint density at radius 3 is 2.16 bits per heavy atom. The van der Waals surface area contributed by atoms with Gasteiger partial charge < -0.3 is 14.2 Å². The van der Waals surface area contributed by atoms with Crippen LogP contribution in [0.3, 0.4) is 0 Å². The largest absolute Gasteiger partial charge is 0.497 e. The predicted molar refractivity (Wildman–Crippen MR) is 91.2 cm³/mol. The fourth-order valence-corrected chi connectivity index (χ4v) is 3.63. The summed E-state index contributed by atoms with van der Waals surface area (Å²) in [4.78, 5) is -0.0224. The van der Waals surface area contributed by atoms with Crippen LogP contribution in [0.2, 0.25) is 0 Å². The minimum Gasteiger partial charge on any atom is -0.497 e. The molecule has 0 N–H and O–H groups in total. The fraction of sp³-hybridized carbons (Fsp3) is 0.294. The van der Waals surface area contributed by atoms with Crippen LogP contribution in [0.4, 0.5) is 4.39 Å². The number of benzene rings is 2. The predicted octanol–water partition coefficient (Wildman–Crippen LogP) is 2.67. The average molecular weight is 369 g/mol. The van der Waals surface area contributed by atoms with Crippen molar-refractivity contribution in [3.05, 3.63) is 47.8 Å². The minimum absolute atomic E-state index is 0.0103. The normalized spacial score (nSPS) is 11.4. The van der Waals surface area contributed by atoms with Gasteiger partial charge in [-0.3, -0.25) is 0 Å². The van der Waals surface area contributed by atoms with Gasteiger partial charge in [-0.05, 0) is 29.8 Å². The maximum atomic E-state index is 13.8. The maximum absolute atomic E-state index is 13.8. The van der Waals surface area contributed by atoms with Crippen LogP contribution in [0.1, 0.15) is 5.56 Å². The van der Waals surface area contributed by atoms with E-state index < -0.39 is 15.8 Å². The van der Waals surface area contributed by atoms with Gasteiger partial charge in [0, 0.05) is 19.7 Å². The summed E-state index contributed by atoms with van der Waals surface area (Å²) in [6.07, 6.45) is 0.